The van der Waals surface area contributed by atoms with Crippen molar-refractivity contribution in [2.24, 2.45) is 0 Å². The lowest BCUT2D eigenvalue weighted by Gasteiger charge is -2.20. The molecule has 1 aliphatic heterocycles. The highest BCUT2D eigenvalue weighted by atomic mass is 32.2. The summed E-state index contributed by atoms with van der Waals surface area (Å²) in [5, 5.41) is 5.46. The highest BCUT2D eigenvalue weighted by molar-refractivity contribution is 7.89. The van der Waals surface area contributed by atoms with Crippen molar-refractivity contribution in [2.75, 3.05) is 26.0 Å². The Balaban J connectivity index is 1.53. The fraction of sp³-hybridized carbons (Fsp3) is 0.444. The molecule has 1 aromatic rings. The Kier molecular flexibility index (Phi) is 6.48. The minimum Gasteiger partial charge on any atom is -0.331 e. The standard InChI is InChI=1S/C18H24N6O5S2/c1-23(2)31(28,29)13-7-5-6-12(10-13)19-16(30)22-21-14(25)11-24-15(26)18(20-17(24)27)8-3-4-9-18/h5-7,10H,3-4,8-9,11H2,1-2H3,(H,20,27)(H,21,25)(H2,19,22,30). The van der Waals surface area contributed by atoms with E-state index in [1.54, 1.807) is 12.1 Å². The van der Waals surface area contributed by atoms with Gasteiger partial charge in [-0.15, -0.1) is 0 Å². The van der Waals surface area contributed by atoms with E-state index in [1.807, 2.05) is 0 Å². The first-order valence-electron chi connectivity index (χ1n) is 9.58. The molecule has 31 heavy (non-hydrogen) atoms. The van der Waals surface area contributed by atoms with E-state index in [-0.39, 0.29) is 15.9 Å². The summed E-state index contributed by atoms with van der Waals surface area (Å²) in [6.07, 6.45) is 2.85. The van der Waals surface area contributed by atoms with E-state index >= 15 is 0 Å². The Morgan fingerprint density at radius 2 is 1.90 bits per heavy atom. The summed E-state index contributed by atoms with van der Waals surface area (Å²) in [6.45, 7) is -0.446. The van der Waals surface area contributed by atoms with E-state index in [0.717, 1.165) is 22.0 Å². The molecule has 13 heteroatoms. The second-order valence-electron chi connectivity index (χ2n) is 7.55. The van der Waals surface area contributed by atoms with Crippen molar-refractivity contribution < 1.29 is 22.8 Å². The molecule has 0 bridgehead atoms. The monoisotopic (exact) mass is 468 g/mol. The van der Waals surface area contributed by atoms with Crippen LogP contribution >= 0.6 is 12.2 Å². The molecule has 4 N–H and O–H groups in total. The van der Waals surface area contributed by atoms with Crippen molar-refractivity contribution >= 4 is 50.9 Å². The number of anilines is 1. The van der Waals surface area contributed by atoms with E-state index in [4.69, 9.17) is 12.2 Å². The zero-order valence-corrected chi connectivity index (χ0v) is 18.7. The van der Waals surface area contributed by atoms with Gasteiger partial charge in [0.15, 0.2) is 5.11 Å². The highest BCUT2D eigenvalue weighted by Gasteiger charge is 2.52. The van der Waals surface area contributed by atoms with Crippen LogP contribution in [0.3, 0.4) is 0 Å². The van der Waals surface area contributed by atoms with Crippen molar-refractivity contribution in [3.8, 4) is 0 Å². The van der Waals surface area contributed by atoms with Gasteiger partial charge in [0, 0.05) is 19.8 Å². The molecule has 1 aromatic carbocycles. The number of urea groups is 1. The number of carbonyl (C=O) groups is 3. The van der Waals surface area contributed by atoms with Gasteiger partial charge in [-0.25, -0.2) is 17.5 Å². The van der Waals surface area contributed by atoms with E-state index in [0.29, 0.717) is 18.5 Å². The maximum atomic E-state index is 12.6. The number of nitrogens with one attached hydrogen (secondary N) is 4. The molecule has 0 radical (unpaired) electrons. The Morgan fingerprint density at radius 1 is 1.23 bits per heavy atom. The molecule has 2 aliphatic rings. The predicted molar refractivity (Wildman–Crippen MR) is 116 cm³/mol. The number of amides is 4. The molecule has 0 aromatic heterocycles. The summed E-state index contributed by atoms with van der Waals surface area (Å²) in [5.74, 6) is -1.02. The van der Waals surface area contributed by atoms with Gasteiger partial charge in [0.2, 0.25) is 10.0 Å². The van der Waals surface area contributed by atoms with Crippen LogP contribution in [0, 0.1) is 0 Å². The minimum atomic E-state index is -3.61. The molecular formula is C18H24N6O5S2. The second-order valence-corrected chi connectivity index (χ2v) is 10.1. The van der Waals surface area contributed by atoms with Crippen molar-refractivity contribution in [1.29, 1.82) is 0 Å². The van der Waals surface area contributed by atoms with Gasteiger partial charge in [-0.2, -0.15) is 0 Å². The number of carbonyl (C=O) groups excluding carboxylic acids is 3. The van der Waals surface area contributed by atoms with E-state index in [2.05, 4.69) is 21.5 Å². The van der Waals surface area contributed by atoms with Gasteiger partial charge in [0.1, 0.15) is 12.1 Å². The van der Waals surface area contributed by atoms with Crippen LogP contribution < -0.4 is 21.5 Å². The lowest BCUT2D eigenvalue weighted by Crippen LogP contribution is -2.49. The SMILES string of the molecule is CN(C)S(=O)(=O)c1cccc(NC(=S)NNC(=O)CN2C(=O)NC3(CCCC3)C2=O)c1. The zero-order valence-electron chi connectivity index (χ0n) is 17.1. The smallest absolute Gasteiger partial charge is 0.325 e. The van der Waals surface area contributed by atoms with E-state index in [9.17, 15) is 22.8 Å². The summed E-state index contributed by atoms with van der Waals surface area (Å²) in [5.41, 5.74) is 4.31. The Morgan fingerprint density at radius 3 is 2.55 bits per heavy atom. The van der Waals surface area contributed by atoms with Gasteiger partial charge in [0.25, 0.3) is 11.8 Å². The topological polar surface area (TPSA) is 140 Å². The van der Waals surface area contributed by atoms with Crippen LogP contribution in [0.1, 0.15) is 25.7 Å². The maximum absolute atomic E-state index is 12.6. The van der Waals surface area contributed by atoms with Crippen LogP contribution in [0.2, 0.25) is 0 Å². The van der Waals surface area contributed by atoms with Crippen LogP contribution in [-0.4, -0.2) is 66.8 Å². The van der Waals surface area contributed by atoms with Crippen LogP contribution in [-0.2, 0) is 19.6 Å². The van der Waals surface area contributed by atoms with Crippen LogP contribution in [0.25, 0.3) is 0 Å². The number of thiocarbonyl (C=S) groups is 1. The fourth-order valence-electron chi connectivity index (χ4n) is 3.55. The Bertz CT molecular complexity index is 1020. The molecule has 0 atom stereocenters. The van der Waals surface area contributed by atoms with Crippen molar-refractivity contribution in [3.05, 3.63) is 24.3 Å². The molecule has 0 unspecified atom stereocenters. The third-order valence-electron chi connectivity index (χ3n) is 5.19. The van der Waals surface area contributed by atoms with Gasteiger partial charge in [-0.3, -0.25) is 25.3 Å². The quantitative estimate of drug-likeness (QED) is 0.271. The molecule has 1 spiro atoms. The maximum Gasteiger partial charge on any atom is 0.325 e. The average molecular weight is 469 g/mol. The first kappa shape index (κ1) is 22.9. The van der Waals surface area contributed by atoms with Gasteiger partial charge < -0.3 is 10.6 Å². The molecule has 1 saturated heterocycles. The Labute approximate surface area is 185 Å². The number of hydrogen-bond acceptors (Lipinski definition) is 6. The molecular weight excluding hydrogens is 444 g/mol. The summed E-state index contributed by atoms with van der Waals surface area (Å²) >= 11 is 5.10. The van der Waals surface area contributed by atoms with Gasteiger partial charge >= 0.3 is 6.03 Å². The third-order valence-corrected chi connectivity index (χ3v) is 7.21. The molecule has 11 nitrogen and oxygen atoms in total. The number of imide groups is 1. The van der Waals surface area contributed by atoms with Crippen LogP contribution in [0.4, 0.5) is 10.5 Å². The number of hydrazine groups is 1. The molecule has 2 fully saturated rings. The molecule has 1 heterocycles. The van der Waals surface area contributed by atoms with Gasteiger partial charge in [-0.05, 0) is 43.3 Å². The van der Waals surface area contributed by atoms with Crippen molar-refractivity contribution in [1.82, 2.24) is 25.4 Å². The van der Waals surface area contributed by atoms with Gasteiger partial charge in [-0.1, -0.05) is 18.9 Å². The van der Waals surface area contributed by atoms with Crippen molar-refractivity contribution in [3.63, 3.8) is 0 Å². The van der Waals surface area contributed by atoms with Crippen molar-refractivity contribution in [2.45, 2.75) is 36.1 Å². The Hall–Kier alpha value is -2.77. The number of hydrogen-bond donors (Lipinski definition) is 4. The number of sulfonamides is 1. The third kappa shape index (κ3) is 4.78. The molecule has 3 rings (SSSR count). The lowest BCUT2D eigenvalue weighted by atomic mass is 9.98. The summed E-state index contributed by atoms with van der Waals surface area (Å²) in [7, 11) is -0.755. The number of nitrogens with zero attached hydrogens (tertiary/aromatic N) is 2. The predicted octanol–water partition coefficient (Wildman–Crippen LogP) is 0.119. The minimum absolute atomic E-state index is 0.00258. The molecule has 168 valence electrons. The summed E-state index contributed by atoms with van der Waals surface area (Å²) < 4.78 is 25.5. The lowest BCUT2D eigenvalue weighted by molar-refractivity contribution is -0.135. The van der Waals surface area contributed by atoms with E-state index in [1.165, 1.54) is 26.2 Å². The summed E-state index contributed by atoms with van der Waals surface area (Å²) in [4.78, 5) is 37.9. The number of rotatable bonds is 5. The first-order chi connectivity index (χ1) is 14.5. The molecule has 4 amide bonds. The first-order valence-corrected chi connectivity index (χ1v) is 11.4. The zero-order chi connectivity index (χ0) is 22.8. The molecule has 1 saturated carbocycles. The average Bonchev–Trinajstić information content (AvgIpc) is 3.27. The number of benzene rings is 1. The van der Waals surface area contributed by atoms with Crippen LogP contribution in [0.15, 0.2) is 29.2 Å². The fourth-order valence-corrected chi connectivity index (χ4v) is 4.67. The normalized spacial score (nSPS) is 17.7. The largest absolute Gasteiger partial charge is 0.331 e. The second kappa shape index (κ2) is 8.77. The highest BCUT2D eigenvalue weighted by Crippen LogP contribution is 2.34. The van der Waals surface area contributed by atoms with Gasteiger partial charge in [0.05, 0.1) is 4.90 Å². The summed E-state index contributed by atoms with van der Waals surface area (Å²) in [6, 6.07) is 5.43. The van der Waals surface area contributed by atoms with E-state index < -0.39 is 34.0 Å². The van der Waals surface area contributed by atoms with Crippen LogP contribution in [0.5, 0.6) is 0 Å². The molecule has 1 aliphatic carbocycles.